The van der Waals surface area contributed by atoms with Gasteiger partial charge in [0.2, 0.25) is 0 Å². The van der Waals surface area contributed by atoms with Crippen molar-refractivity contribution in [3.8, 4) is 5.75 Å². The molecule has 1 unspecified atom stereocenters. The summed E-state index contributed by atoms with van der Waals surface area (Å²) in [5.74, 6) is 0.880. The van der Waals surface area contributed by atoms with Gasteiger partial charge in [0.05, 0.1) is 0 Å². The Bertz CT molecular complexity index is 811. The van der Waals surface area contributed by atoms with Crippen LogP contribution in [0.3, 0.4) is 0 Å². The third kappa shape index (κ3) is 4.00. The van der Waals surface area contributed by atoms with Crippen molar-refractivity contribution >= 4 is 0 Å². The summed E-state index contributed by atoms with van der Waals surface area (Å²) in [6.07, 6.45) is 2.71. The lowest BCUT2D eigenvalue weighted by Crippen LogP contribution is -2.13. The topological polar surface area (TPSA) is 9.23 Å². The molecule has 0 saturated heterocycles. The highest BCUT2D eigenvalue weighted by atomic mass is 16.5. The van der Waals surface area contributed by atoms with E-state index in [1.807, 2.05) is 42.5 Å². The Morgan fingerprint density at radius 3 is 2.00 bits per heavy atom. The maximum absolute atomic E-state index is 6.43. The number of para-hydroxylation sites is 1. The van der Waals surface area contributed by atoms with E-state index in [2.05, 4.69) is 56.8 Å². The summed E-state index contributed by atoms with van der Waals surface area (Å²) in [4.78, 5) is 0. The Kier molecular flexibility index (Phi) is 5.35. The summed E-state index contributed by atoms with van der Waals surface area (Å²) in [5, 5.41) is 0. The molecule has 0 aliphatic rings. The molecule has 25 heavy (non-hydrogen) atoms. The fourth-order valence-corrected chi connectivity index (χ4v) is 3.32. The average Bonchev–Trinajstić information content (AvgIpc) is 2.62. The normalized spacial score (nSPS) is 11.8. The number of rotatable bonds is 6. The molecule has 0 N–H and O–H groups in total. The zero-order valence-corrected chi connectivity index (χ0v) is 14.9. The average molecular weight is 328 g/mol. The molecular weight excluding hydrogens is 304 g/mol. The minimum absolute atomic E-state index is 0.124. The van der Waals surface area contributed by atoms with Gasteiger partial charge >= 0.3 is 0 Å². The highest BCUT2D eigenvalue weighted by Gasteiger charge is 2.20. The van der Waals surface area contributed by atoms with Gasteiger partial charge < -0.3 is 4.74 Å². The smallest absolute Gasteiger partial charge is 0.149 e. The summed E-state index contributed by atoms with van der Waals surface area (Å²) in [6.45, 7) is 8.18. The third-order valence-electron chi connectivity index (χ3n) is 4.40. The van der Waals surface area contributed by atoms with Gasteiger partial charge in [0.15, 0.2) is 0 Å². The first kappa shape index (κ1) is 17.0. The molecule has 0 saturated carbocycles. The van der Waals surface area contributed by atoms with Gasteiger partial charge in [-0.15, -0.1) is 6.58 Å². The summed E-state index contributed by atoms with van der Waals surface area (Å²) in [6, 6.07) is 24.9. The lowest BCUT2D eigenvalue weighted by Gasteiger charge is -2.24. The van der Waals surface area contributed by atoms with E-state index in [0.29, 0.717) is 0 Å². The predicted molar refractivity (Wildman–Crippen MR) is 105 cm³/mol. The van der Waals surface area contributed by atoms with Crippen molar-refractivity contribution in [1.82, 2.24) is 0 Å². The molecule has 3 aromatic carbocycles. The Balaban J connectivity index is 2.07. The van der Waals surface area contributed by atoms with Crippen LogP contribution in [0.4, 0.5) is 0 Å². The van der Waals surface area contributed by atoms with E-state index in [4.69, 9.17) is 4.74 Å². The molecule has 0 fully saturated rings. The van der Waals surface area contributed by atoms with Gasteiger partial charge in [-0.3, -0.25) is 0 Å². The van der Waals surface area contributed by atoms with E-state index < -0.39 is 0 Å². The molecule has 3 aromatic rings. The zero-order valence-electron chi connectivity index (χ0n) is 14.9. The Morgan fingerprint density at radius 2 is 1.44 bits per heavy atom. The summed E-state index contributed by atoms with van der Waals surface area (Å²) < 4.78 is 6.43. The van der Waals surface area contributed by atoms with Crippen LogP contribution in [-0.4, -0.2) is 0 Å². The van der Waals surface area contributed by atoms with E-state index in [0.717, 1.165) is 17.7 Å². The van der Waals surface area contributed by atoms with Crippen molar-refractivity contribution < 1.29 is 4.74 Å². The summed E-state index contributed by atoms with van der Waals surface area (Å²) >= 11 is 0. The van der Waals surface area contributed by atoms with Crippen molar-refractivity contribution in [2.45, 2.75) is 26.4 Å². The number of aryl methyl sites for hydroxylation is 2. The van der Waals surface area contributed by atoms with Gasteiger partial charge in [0, 0.05) is 5.56 Å². The minimum atomic E-state index is -0.124. The molecule has 0 bridgehead atoms. The molecule has 0 aromatic heterocycles. The molecule has 1 heteroatoms. The fourth-order valence-electron chi connectivity index (χ4n) is 3.32. The molecule has 0 radical (unpaired) electrons. The molecule has 1 atom stereocenters. The van der Waals surface area contributed by atoms with Crippen LogP contribution in [0, 0.1) is 13.8 Å². The SMILES string of the molecule is C=CCc1cc(C)c(C(Oc2ccccc2)c2ccccc2)c(C)c1. The van der Waals surface area contributed by atoms with Gasteiger partial charge in [-0.25, -0.2) is 0 Å². The largest absolute Gasteiger partial charge is 0.481 e. The zero-order chi connectivity index (χ0) is 17.6. The lowest BCUT2D eigenvalue weighted by atomic mass is 9.91. The van der Waals surface area contributed by atoms with E-state index in [1.165, 1.54) is 22.3 Å². The predicted octanol–water partition coefficient (Wildman–Crippen LogP) is 6.20. The Labute approximate surface area is 150 Å². The van der Waals surface area contributed by atoms with Crippen molar-refractivity contribution in [2.24, 2.45) is 0 Å². The molecule has 0 spiro atoms. The monoisotopic (exact) mass is 328 g/mol. The van der Waals surface area contributed by atoms with E-state index in [-0.39, 0.29) is 6.10 Å². The molecule has 1 nitrogen and oxygen atoms in total. The first-order valence-electron chi connectivity index (χ1n) is 8.66. The quantitative estimate of drug-likeness (QED) is 0.489. The fraction of sp³-hybridized carbons (Fsp3) is 0.167. The maximum Gasteiger partial charge on any atom is 0.149 e. The second kappa shape index (κ2) is 7.85. The molecule has 0 aliphatic carbocycles. The standard InChI is InChI=1S/C24H24O/c1-4-11-20-16-18(2)23(19(3)17-20)24(21-12-7-5-8-13-21)25-22-14-9-6-10-15-22/h4-10,12-17,24H,1,11H2,2-3H3. The first-order valence-corrected chi connectivity index (χ1v) is 8.66. The van der Waals surface area contributed by atoms with Crippen LogP contribution in [-0.2, 0) is 6.42 Å². The van der Waals surface area contributed by atoms with Gasteiger partial charge in [0.1, 0.15) is 11.9 Å². The van der Waals surface area contributed by atoms with Crippen molar-refractivity contribution in [1.29, 1.82) is 0 Å². The number of hydrogen-bond donors (Lipinski definition) is 0. The maximum atomic E-state index is 6.43. The minimum Gasteiger partial charge on any atom is -0.481 e. The lowest BCUT2D eigenvalue weighted by molar-refractivity contribution is 0.245. The second-order valence-electron chi connectivity index (χ2n) is 6.36. The van der Waals surface area contributed by atoms with Crippen LogP contribution in [0.25, 0.3) is 0 Å². The highest BCUT2D eigenvalue weighted by Crippen LogP contribution is 2.33. The van der Waals surface area contributed by atoms with Gasteiger partial charge in [-0.2, -0.15) is 0 Å². The number of hydrogen-bond acceptors (Lipinski definition) is 1. The molecule has 0 aliphatic heterocycles. The van der Waals surface area contributed by atoms with E-state index in [1.54, 1.807) is 0 Å². The number of benzene rings is 3. The summed E-state index contributed by atoms with van der Waals surface area (Å²) in [7, 11) is 0. The van der Waals surface area contributed by atoms with E-state index in [9.17, 15) is 0 Å². The Hall–Kier alpha value is -2.80. The van der Waals surface area contributed by atoms with Crippen molar-refractivity contribution in [2.75, 3.05) is 0 Å². The van der Waals surface area contributed by atoms with Crippen molar-refractivity contribution in [3.05, 3.63) is 113 Å². The first-order chi connectivity index (χ1) is 12.2. The highest BCUT2D eigenvalue weighted by molar-refractivity contribution is 5.45. The molecule has 0 amide bonds. The van der Waals surface area contributed by atoms with Crippen LogP contribution < -0.4 is 4.74 Å². The van der Waals surface area contributed by atoms with Gasteiger partial charge in [0.25, 0.3) is 0 Å². The number of allylic oxidation sites excluding steroid dienone is 1. The number of ether oxygens (including phenoxy) is 1. The van der Waals surface area contributed by atoms with Crippen LogP contribution in [0.15, 0.2) is 85.5 Å². The van der Waals surface area contributed by atoms with Crippen LogP contribution >= 0.6 is 0 Å². The second-order valence-corrected chi connectivity index (χ2v) is 6.36. The molecule has 126 valence electrons. The van der Waals surface area contributed by atoms with E-state index >= 15 is 0 Å². The third-order valence-corrected chi connectivity index (χ3v) is 4.40. The van der Waals surface area contributed by atoms with Crippen LogP contribution in [0.5, 0.6) is 5.75 Å². The van der Waals surface area contributed by atoms with Gasteiger partial charge in [-0.1, -0.05) is 66.7 Å². The summed E-state index contributed by atoms with van der Waals surface area (Å²) in [5.41, 5.74) is 6.19. The van der Waals surface area contributed by atoms with Crippen LogP contribution in [0.1, 0.15) is 33.9 Å². The van der Waals surface area contributed by atoms with Crippen LogP contribution in [0.2, 0.25) is 0 Å². The molecular formula is C24H24O. The van der Waals surface area contributed by atoms with Crippen molar-refractivity contribution in [3.63, 3.8) is 0 Å². The molecule has 3 rings (SSSR count). The molecule has 0 heterocycles. The van der Waals surface area contributed by atoms with Gasteiger partial charge in [-0.05, 0) is 54.7 Å². The Morgan fingerprint density at radius 1 is 0.880 bits per heavy atom.